The molecule has 0 spiro atoms. The fourth-order valence-corrected chi connectivity index (χ4v) is 3.02. The van der Waals surface area contributed by atoms with Crippen molar-refractivity contribution in [2.24, 2.45) is 5.41 Å². The fraction of sp³-hybridized carbons (Fsp3) is 0.562. The van der Waals surface area contributed by atoms with Gasteiger partial charge in [0, 0.05) is 24.3 Å². The lowest BCUT2D eigenvalue weighted by Crippen LogP contribution is -2.30. The molecule has 1 amide bonds. The van der Waals surface area contributed by atoms with Crippen LogP contribution in [0.3, 0.4) is 0 Å². The van der Waals surface area contributed by atoms with Crippen LogP contribution in [0.5, 0.6) is 0 Å². The summed E-state index contributed by atoms with van der Waals surface area (Å²) in [6, 6.07) is 6.00. The monoisotopic (exact) mass is 258 g/mol. The summed E-state index contributed by atoms with van der Waals surface area (Å²) in [5.74, 6) is 0.0684. The van der Waals surface area contributed by atoms with Gasteiger partial charge >= 0.3 is 0 Å². The van der Waals surface area contributed by atoms with E-state index >= 15 is 0 Å². The van der Waals surface area contributed by atoms with Crippen molar-refractivity contribution in [3.8, 4) is 0 Å². The Labute approximate surface area is 114 Å². The normalized spacial score (nSPS) is 18.6. The Hall–Kier alpha value is -1.51. The molecule has 1 aliphatic heterocycles. The first kappa shape index (κ1) is 12.5. The summed E-state index contributed by atoms with van der Waals surface area (Å²) in [4.78, 5) is 12.2. The number of carbonyl (C=O) groups is 1. The molecule has 3 rings (SSSR count). The van der Waals surface area contributed by atoms with E-state index < -0.39 is 0 Å². The van der Waals surface area contributed by atoms with Crippen LogP contribution in [0.25, 0.3) is 0 Å². The Balaban J connectivity index is 1.61. The number of hydrogen-bond acceptors (Lipinski definition) is 2. The van der Waals surface area contributed by atoms with Gasteiger partial charge in [-0.25, -0.2) is 0 Å². The molecule has 1 aromatic rings. The minimum absolute atomic E-state index is 0.0684. The first-order chi connectivity index (χ1) is 9.22. The standard InChI is InChI=1S/C16H22N2O/c1-2-6-16(7-8-16)11-18-15(19)13-4-3-12-5-9-17-14(12)10-13/h3-4,10,17H,2,5-9,11H2,1H3,(H,18,19). The van der Waals surface area contributed by atoms with Crippen LogP contribution < -0.4 is 10.6 Å². The molecule has 1 aliphatic carbocycles. The lowest BCUT2D eigenvalue weighted by molar-refractivity contribution is 0.0944. The van der Waals surface area contributed by atoms with Crippen LogP contribution in [-0.2, 0) is 6.42 Å². The lowest BCUT2D eigenvalue weighted by atomic mass is 10.0. The summed E-state index contributed by atoms with van der Waals surface area (Å²) in [6.07, 6.45) is 6.05. The first-order valence-electron chi connectivity index (χ1n) is 7.37. The van der Waals surface area contributed by atoms with Crippen molar-refractivity contribution in [1.82, 2.24) is 5.32 Å². The second-order valence-corrected chi connectivity index (χ2v) is 5.98. The van der Waals surface area contributed by atoms with Crippen LogP contribution in [-0.4, -0.2) is 19.0 Å². The summed E-state index contributed by atoms with van der Waals surface area (Å²) in [5.41, 5.74) is 3.64. The fourth-order valence-electron chi connectivity index (χ4n) is 3.02. The number of hydrogen-bond donors (Lipinski definition) is 2. The van der Waals surface area contributed by atoms with Crippen molar-refractivity contribution in [3.05, 3.63) is 29.3 Å². The van der Waals surface area contributed by atoms with Gasteiger partial charge in [-0.15, -0.1) is 0 Å². The molecule has 1 heterocycles. The van der Waals surface area contributed by atoms with Crippen molar-refractivity contribution >= 4 is 11.6 Å². The maximum atomic E-state index is 12.2. The molecule has 0 aromatic heterocycles. The molecule has 2 aliphatic rings. The van der Waals surface area contributed by atoms with E-state index in [1.807, 2.05) is 12.1 Å². The number of anilines is 1. The molecule has 3 heteroatoms. The Bertz CT molecular complexity index is 492. The van der Waals surface area contributed by atoms with Crippen molar-refractivity contribution in [1.29, 1.82) is 0 Å². The van der Waals surface area contributed by atoms with E-state index in [0.29, 0.717) is 5.41 Å². The van der Waals surface area contributed by atoms with E-state index in [4.69, 9.17) is 0 Å². The van der Waals surface area contributed by atoms with E-state index in [1.165, 1.54) is 31.2 Å². The molecule has 2 N–H and O–H groups in total. The highest BCUT2D eigenvalue weighted by Gasteiger charge is 2.41. The number of fused-ring (bicyclic) bond motifs is 1. The largest absolute Gasteiger partial charge is 0.384 e. The second-order valence-electron chi connectivity index (χ2n) is 5.98. The Morgan fingerprint density at radius 2 is 2.26 bits per heavy atom. The van der Waals surface area contributed by atoms with Crippen LogP contribution in [0.4, 0.5) is 5.69 Å². The van der Waals surface area contributed by atoms with Crippen LogP contribution in [0.15, 0.2) is 18.2 Å². The van der Waals surface area contributed by atoms with Gasteiger partial charge in [0.05, 0.1) is 0 Å². The van der Waals surface area contributed by atoms with Crippen LogP contribution >= 0.6 is 0 Å². The highest BCUT2D eigenvalue weighted by Crippen LogP contribution is 2.48. The minimum atomic E-state index is 0.0684. The Kier molecular flexibility index (Phi) is 3.21. The molecule has 3 nitrogen and oxygen atoms in total. The topological polar surface area (TPSA) is 41.1 Å². The van der Waals surface area contributed by atoms with Gasteiger partial charge in [0.1, 0.15) is 0 Å². The maximum Gasteiger partial charge on any atom is 0.251 e. The van der Waals surface area contributed by atoms with Gasteiger partial charge in [-0.1, -0.05) is 19.4 Å². The molecule has 1 fully saturated rings. The summed E-state index contributed by atoms with van der Waals surface area (Å²) in [6.45, 7) is 4.04. The molecule has 1 aromatic carbocycles. The van der Waals surface area contributed by atoms with Crippen LogP contribution in [0.2, 0.25) is 0 Å². The summed E-state index contributed by atoms with van der Waals surface area (Å²) < 4.78 is 0. The van der Waals surface area contributed by atoms with E-state index in [9.17, 15) is 4.79 Å². The van der Waals surface area contributed by atoms with Crippen molar-refractivity contribution < 1.29 is 4.79 Å². The van der Waals surface area contributed by atoms with Crippen molar-refractivity contribution in [2.45, 2.75) is 39.0 Å². The van der Waals surface area contributed by atoms with Crippen molar-refractivity contribution in [3.63, 3.8) is 0 Å². The molecular weight excluding hydrogens is 236 g/mol. The molecule has 0 bridgehead atoms. The predicted molar refractivity (Wildman–Crippen MR) is 77.5 cm³/mol. The molecule has 0 unspecified atom stereocenters. The summed E-state index contributed by atoms with van der Waals surface area (Å²) in [5, 5.41) is 6.43. The quantitative estimate of drug-likeness (QED) is 0.852. The third kappa shape index (κ3) is 2.60. The summed E-state index contributed by atoms with van der Waals surface area (Å²) in [7, 11) is 0. The smallest absolute Gasteiger partial charge is 0.251 e. The molecule has 102 valence electrons. The van der Waals surface area contributed by atoms with Gasteiger partial charge in [0.15, 0.2) is 0 Å². The highest BCUT2D eigenvalue weighted by atomic mass is 16.1. The zero-order valence-corrected chi connectivity index (χ0v) is 11.6. The van der Waals surface area contributed by atoms with Gasteiger partial charge in [-0.05, 0) is 48.8 Å². The molecule has 19 heavy (non-hydrogen) atoms. The average Bonchev–Trinajstić information content (AvgIpc) is 3.02. The Morgan fingerprint density at radius 1 is 1.42 bits per heavy atom. The third-order valence-corrected chi connectivity index (χ3v) is 4.44. The van der Waals surface area contributed by atoms with Gasteiger partial charge in [0.2, 0.25) is 0 Å². The molecule has 1 saturated carbocycles. The first-order valence-corrected chi connectivity index (χ1v) is 7.37. The number of nitrogens with one attached hydrogen (secondary N) is 2. The highest BCUT2D eigenvalue weighted by molar-refractivity contribution is 5.95. The summed E-state index contributed by atoms with van der Waals surface area (Å²) >= 11 is 0. The number of carbonyl (C=O) groups excluding carboxylic acids is 1. The predicted octanol–water partition coefficient (Wildman–Crippen LogP) is 2.96. The van der Waals surface area contributed by atoms with Gasteiger partial charge in [-0.2, -0.15) is 0 Å². The third-order valence-electron chi connectivity index (χ3n) is 4.44. The lowest BCUT2D eigenvalue weighted by Gasteiger charge is -2.15. The number of benzene rings is 1. The molecular formula is C16H22N2O. The zero-order valence-electron chi connectivity index (χ0n) is 11.6. The second kappa shape index (κ2) is 4.87. The molecule has 0 saturated heterocycles. The average molecular weight is 258 g/mol. The van der Waals surface area contributed by atoms with Gasteiger partial charge in [0.25, 0.3) is 5.91 Å². The van der Waals surface area contributed by atoms with Gasteiger partial charge in [-0.3, -0.25) is 4.79 Å². The van der Waals surface area contributed by atoms with E-state index in [2.05, 4.69) is 23.6 Å². The van der Waals surface area contributed by atoms with E-state index in [1.54, 1.807) is 0 Å². The van der Waals surface area contributed by atoms with E-state index in [-0.39, 0.29) is 5.91 Å². The van der Waals surface area contributed by atoms with Crippen molar-refractivity contribution in [2.75, 3.05) is 18.4 Å². The van der Waals surface area contributed by atoms with Gasteiger partial charge < -0.3 is 10.6 Å². The zero-order chi connectivity index (χ0) is 13.3. The Morgan fingerprint density at radius 3 is 3.00 bits per heavy atom. The minimum Gasteiger partial charge on any atom is -0.384 e. The van der Waals surface area contributed by atoms with Crippen LogP contribution in [0, 0.1) is 5.41 Å². The molecule has 0 atom stereocenters. The number of rotatable bonds is 5. The molecule has 0 radical (unpaired) electrons. The SMILES string of the molecule is CCCC1(CNC(=O)c2ccc3c(c2)NCC3)CC1. The maximum absolute atomic E-state index is 12.2. The van der Waals surface area contributed by atoms with Crippen LogP contribution in [0.1, 0.15) is 48.5 Å². The number of amides is 1. The van der Waals surface area contributed by atoms with E-state index in [0.717, 1.165) is 30.8 Å².